The number of sulfonamides is 1. The van der Waals surface area contributed by atoms with Gasteiger partial charge in [-0.05, 0) is 67.9 Å². The van der Waals surface area contributed by atoms with Crippen molar-refractivity contribution in [1.82, 2.24) is 4.31 Å². The molecule has 7 nitrogen and oxygen atoms in total. The zero-order valence-corrected chi connectivity index (χ0v) is 21.3. The van der Waals surface area contributed by atoms with Gasteiger partial charge in [0.15, 0.2) is 0 Å². The Morgan fingerprint density at radius 2 is 2.09 bits per heavy atom. The number of rotatable bonds is 9. The molecule has 1 N–H and O–H groups in total. The van der Waals surface area contributed by atoms with Crippen LogP contribution in [0, 0.1) is 18.8 Å². The van der Waals surface area contributed by atoms with E-state index in [9.17, 15) is 18.3 Å². The maximum atomic E-state index is 13.7. The van der Waals surface area contributed by atoms with Crippen LogP contribution < -0.4 is 0 Å². The van der Waals surface area contributed by atoms with Crippen LogP contribution in [0.2, 0.25) is 0 Å². The van der Waals surface area contributed by atoms with Gasteiger partial charge in [0.05, 0.1) is 12.0 Å². The van der Waals surface area contributed by atoms with E-state index in [4.69, 9.17) is 9.15 Å². The van der Waals surface area contributed by atoms with Gasteiger partial charge in [-0.2, -0.15) is 4.31 Å². The molecule has 0 saturated carbocycles. The zero-order valence-electron chi connectivity index (χ0n) is 20.4. The van der Waals surface area contributed by atoms with Gasteiger partial charge in [-0.15, -0.1) is 0 Å². The van der Waals surface area contributed by atoms with E-state index in [1.54, 1.807) is 25.1 Å². The monoisotopic (exact) mass is 499 g/mol. The molecule has 3 aliphatic rings. The van der Waals surface area contributed by atoms with E-state index in [1.165, 1.54) is 15.9 Å². The largest absolute Gasteiger partial charge is 0.492 e. The Balaban J connectivity index is 1.64. The van der Waals surface area contributed by atoms with Gasteiger partial charge in [0, 0.05) is 6.54 Å². The Bertz CT molecular complexity index is 1230. The standard InChI is InChI=1S/C27H33NO6S/c1-18(2)16-28(35(31,32)26-13-8-19(3)34-26)24-14-22-6-4-5-7-23(22)15-25(24)33-17-20-9-11-21(12-10-20)27(29)30/h5,7-11,13,15,18,21,24H,4,6,12,14,16-17H2,1-3H3,(H,29,30). The summed E-state index contributed by atoms with van der Waals surface area (Å²) in [6.07, 6.45) is 14.3. The Kier molecular flexibility index (Phi) is 7.52. The Morgan fingerprint density at radius 3 is 2.71 bits per heavy atom. The van der Waals surface area contributed by atoms with Crippen molar-refractivity contribution in [3.63, 3.8) is 0 Å². The third kappa shape index (κ3) is 5.70. The van der Waals surface area contributed by atoms with Crippen molar-refractivity contribution in [2.45, 2.75) is 57.6 Å². The molecule has 3 aliphatic carbocycles. The number of hydrogen-bond donors (Lipinski definition) is 1. The fourth-order valence-electron chi connectivity index (χ4n) is 4.61. The smallest absolute Gasteiger partial charge is 0.310 e. The lowest BCUT2D eigenvalue weighted by Crippen LogP contribution is -2.45. The summed E-state index contributed by atoms with van der Waals surface area (Å²) in [4.78, 5) is 11.2. The number of carbonyl (C=O) groups is 1. The molecule has 188 valence electrons. The fourth-order valence-corrected chi connectivity index (χ4v) is 6.32. The van der Waals surface area contributed by atoms with E-state index in [0.29, 0.717) is 30.9 Å². The molecule has 0 fully saturated rings. The number of carboxylic acid groups (broad SMARTS) is 1. The molecular weight excluding hydrogens is 466 g/mol. The Hall–Kier alpha value is -2.84. The van der Waals surface area contributed by atoms with Gasteiger partial charge in [-0.25, -0.2) is 8.42 Å². The van der Waals surface area contributed by atoms with Crippen molar-refractivity contribution in [3.05, 3.63) is 76.8 Å². The van der Waals surface area contributed by atoms with Crippen LogP contribution in [0.25, 0.3) is 0 Å². The van der Waals surface area contributed by atoms with Crippen LogP contribution in [0.1, 0.15) is 45.3 Å². The SMILES string of the molecule is Cc1ccc(S(=O)(=O)N(CC(C)C)C2CC3=C(C=CCC3)C=C2OCC2=CCC(C(=O)O)C=C2)o1. The summed E-state index contributed by atoms with van der Waals surface area (Å²) in [6.45, 7) is 6.29. The van der Waals surface area contributed by atoms with Crippen molar-refractivity contribution >= 4 is 16.0 Å². The number of hydrogen-bond acceptors (Lipinski definition) is 5. The van der Waals surface area contributed by atoms with Gasteiger partial charge in [-0.1, -0.05) is 49.8 Å². The average molecular weight is 500 g/mol. The Morgan fingerprint density at radius 1 is 1.29 bits per heavy atom. The second kappa shape index (κ2) is 10.4. The lowest BCUT2D eigenvalue weighted by Gasteiger charge is -2.36. The number of carboxylic acids is 1. The van der Waals surface area contributed by atoms with Crippen LogP contribution in [0.5, 0.6) is 0 Å². The van der Waals surface area contributed by atoms with Gasteiger partial charge in [0.1, 0.15) is 18.1 Å². The highest BCUT2D eigenvalue weighted by Crippen LogP contribution is 2.37. The molecule has 1 heterocycles. The predicted molar refractivity (Wildman–Crippen MR) is 133 cm³/mol. The summed E-state index contributed by atoms with van der Waals surface area (Å²) >= 11 is 0. The van der Waals surface area contributed by atoms with Gasteiger partial charge in [-0.3, -0.25) is 4.79 Å². The maximum Gasteiger partial charge on any atom is 0.310 e. The third-order valence-corrected chi connectivity index (χ3v) is 8.20. The van der Waals surface area contributed by atoms with Crippen molar-refractivity contribution in [2.24, 2.45) is 11.8 Å². The number of ether oxygens (including phenoxy) is 1. The first-order valence-corrected chi connectivity index (χ1v) is 13.5. The highest BCUT2D eigenvalue weighted by atomic mass is 32.2. The predicted octanol–water partition coefficient (Wildman–Crippen LogP) is 5.14. The van der Waals surface area contributed by atoms with Crippen LogP contribution in [0.15, 0.2) is 80.6 Å². The molecule has 8 heteroatoms. The summed E-state index contributed by atoms with van der Waals surface area (Å²) in [5, 5.41) is 9.15. The lowest BCUT2D eigenvalue weighted by atomic mass is 9.86. The first-order chi connectivity index (χ1) is 16.6. The van der Waals surface area contributed by atoms with Crippen molar-refractivity contribution < 1.29 is 27.5 Å². The molecule has 0 saturated heterocycles. The van der Waals surface area contributed by atoms with Crippen LogP contribution in [0.3, 0.4) is 0 Å². The quantitative estimate of drug-likeness (QED) is 0.505. The number of aliphatic carboxylic acids is 1. The summed E-state index contributed by atoms with van der Waals surface area (Å²) in [5.41, 5.74) is 3.18. The molecule has 2 atom stereocenters. The van der Waals surface area contributed by atoms with Gasteiger partial charge in [0.25, 0.3) is 10.0 Å². The summed E-state index contributed by atoms with van der Waals surface area (Å²) in [6, 6.07) is 2.68. The maximum absolute atomic E-state index is 13.7. The number of furan rings is 1. The van der Waals surface area contributed by atoms with Crippen LogP contribution in [0.4, 0.5) is 0 Å². The summed E-state index contributed by atoms with van der Waals surface area (Å²) in [5.74, 6) is -0.136. The molecule has 35 heavy (non-hydrogen) atoms. The summed E-state index contributed by atoms with van der Waals surface area (Å²) in [7, 11) is -3.89. The van der Waals surface area contributed by atoms with Crippen LogP contribution >= 0.6 is 0 Å². The molecule has 1 aromatic heterocycles. The van der Waals surface area contributed by atoms with E-state index in [-0.39, 0.29) is 17.6 Å². The highest BCUT2D eigenvalue weighted by molar-refractivity contribution is 7.89. The topological polar surface area (TPSA) is 97.0 Å². The first-order valence-electron chi connectivity index (χ1n) is 12.1. The van der Waals surface area contributed by atoms with E-state index in [1.807, 2.05) is 26.0 Å². The second-order valence-electron chi connectivity index (χ2n) is 9.71. The Labute approximate surface area is 207 Å². The normalized spacial score (nSPS) is 22.3. The third-order valence-electron chi connectivity index (χ3n) is 6.46. The molecule has 2 unspecified atom stereocenters. The van der Waals surface area contributed by atoms with E-state index in [0.717, 1.165) is 24.0 Å². The molecule has 0 aromatic carbocycles. The molecular formula is C27H33NO6S. The number of allylic oxidation sites excluding steroid dienone is 5. The average Bonchev–Trinajstić information content (AvgIpc) is 3.28. The van der Waals surface area contributed by atoms with E-state index in [2.05, 4.69) is 12.2 Å². The molecule has 1 aromatic rings. The number of nitrogens with zero attached hydrogens (tertiary/aromatic N) is 1. The van der Waals surface area contributed by atoms with Crippen molar-refractivity contribution in [3.8, 4) is 0 Å². The highest BCUT2D eigenvalue weighted by Gasteiger charge is 2.39. The molecule has 0 amide bonds. The molecule has 0 radical (unpaired) electrons. The van der Waals surface area contributed by atoms with Gasteiger partial charge >= 0.3 is 5.97 Å². The molecule has 0 spiro atoms. The minimum Gasteiger partial charge on any atom is -0.492 e. The van der Waals surface area contributed by atoms with E-state index < -0.39 is 28.0 Å². The van der Waals surface area contributed by atoms with Crippen LogP contribution in [-0.2, 0) is 19.6 Å². The van der Waals surface area contributed by atoms with Crippen molar-refractivity contribution in [2.75, 3.05) is 13.2 Å². The minimum atomic E-state index is -3.89. The summed E-state index contributed by atoms with van der Waals surface area (Å²) < 4.78 is 40.8. The second-order valence-corrected chi connectivity index (χ2v) is 11.5. The fraction of sp³-hybridized carbons (Fsp3) is 0.444. The van der Waals surface area contributed by atoms with E-state index >= 15 is 0 Å². The van der Waals surface area contributed by atoms with Gasteiger partial charge < -0.3 is 14.3 Å². The van der Waals surface area contributed by atoms with Crippen molar-refractivity contribution in [1.29, 1.82) is 0 Å². The molecule has 0 aliphatic heterocycles. The van der Waals surface area contributed by atoms with Crippen LogP contribution in [-0.4, -0.2) is 43.0 Å². The first kappa shape index (κ1) is 25.3. The zero-order chi connectivity index (χ0) is 25.2. The van der Waals surface area contributed by atoms with Gasteiger partial charge in [0.2, 0.25) is 5.09 Å². The number of aryl methyl sites for hydroxylation is 1. The lowest BCUT2D eigenvalue weighted by molar-refractivity contribution is -0.139. The minimum absolute atomic E-state index is 0.0593. The molecule has 4 rings (SSSR count). The molecule has 0 bridgehead atoms.